The Balaban J connectivity index is 1.36. The highest BCUT2D eigenvalue weighted by Gasteiger charge is 2.43. The van der Waals surface area contributed by atoms with Crippen LogP contribution in [-0.2, 0) is 18.3 Å². The van der Waals surface area contributed by atoms with Crippen molar-refractivity contribution in [3.8, 4) is 0 Å². The van der Waals surface area contributed by atoms with E-state index in [1.807, 2.05) is 24.3 Å². The second-order valence-corrected chi connectivity index (χ2v) is 9.71. The number of nitrogen functional groups attached to an aromatic ring is 2. The second kappa shape index (κ2) is 8.78. The van der Waals surface area contributed by atoms with Crippen molar-refractivity contribution in [2.75, 3.05) is 11.5 Å². The first-order valence-electron chi connectivity index (χ1n) is 11.9. The van der Waals surface area contributed by atoms with Crippen molar-refractivity contribution in [1.82, 2.24) is 0 Å². The molecule has 0 heterocycles. The van der Waals surface area contributed by atoms with E-state index in [0.29, 0.717) is 5.92 Å². The molecule has 0 spiro atoms. The van der Waals surface area contributed by atoms with Gasteiger partial charge in [0.2, 0.25) is 0 Å². The van der Waals surface area contributed by atoms with E-state index < -0.39 is 0 Å². The second-order valence-electron chi connectivity index (χ2n) is 9.71. The Bertz CT molecular complexity index is 1110. The Kier molecular flexibility index (Phi) is 5.68. The summed E-state index contributed by atoms with van der Waals surface area (Å²) in [6.07, 6.45) is 4.47. The zero-order valence-electron chi connectivity index (χ0n) is 19.3. The largest absolute Gasteiger partial charge is 0.399 e. The predicted molar refractivity (Wildman–Crippen MR) is 139 cm³/mol. The van der Waals surface area contributed by atoms with Crippen LogP contribution in [0.5, 0.6) is 0 Å². The Labute approximate surface area is 197 Å². The first-order chi connectivity index (χ1) is 16.0. The standard InChI is InChI=1S/C31H32N2/c1-31(28-14-15-28,26-10-2-22(3-11-26)20-24-6-16-29(32)17-7-24)27-12-4-23(5-13-27)21-25-8-18-30(33)19-9-25/h2-13,16-19,28H,14-15,20-21,32-33H2,1H3. The van der Waals surface area contributed by atoms with Gasteiger partial charge in [0, 0.05) is 16.8 Å². The molecule has 33 heavy (non-hydrogen) atoms. The molecule has 166 valence electrons. The van der Waals surface area contributed by atoms with Crippen LogP contribution in [-0.4, -0.2) is 0 Å². The molecule has 2 nitrogen and oxygen atoms in total. The number of rotatable bonds is 7. The minimum absolute atomic E-state index is 0.0550. The molecule has 0 aliphatic heterocycles. The lowest BCUT2D eigenvalue weighted by molar-refractivity contribution is 0.494. The molecule has 4 N–H and O–H groups in total. The van der Waals surface area contributed by atoms with Gasteiger partial charge < -0.3 is 11.5 Å². The fourth-order valence-electron chi connectivity index (χ4n) is 4.98. The van der Waals surface area contributed by atoms with Crippen LogP contribution >= 0.6 is 0 Å². The van der Waals surface area contributed by atoms with E-state index in [2.05, 4.69) is 79.7 Å². The summed E-state index contributed by atoms with van der Waals surface area (Å²) in [7, 11) is 0. The van der Waals surface area contributed by atoms with Crippen LogP contribution < -0.4 is 11.5 Å². The average molecular weight is 433 g/mol. The van der Waals surface area contributed by atoms with Crippen molar-refractivity contribution < 1.29 is 0 Å². The van der Waals surface area contributed by atoms with Crippen molar-refractivity contribution in [2.45, 2.75) is 38.0 Å². The number of hydrogen-bond donors (Lipinski definition) is 2. The van der Waals surface area contributed by atoms with Gasteiger partial charge in [0.05, 0.1) is 0 Å². The lowest BCUT2D eigenvalue weighted by atomic mass is 9.72. The van der Waals surface area contributed by atoms with Gasteiger partial charge >= 0.3 is 0 Å². The summed E-state index contributed by atoms with van der Waals surface area (Å²) < 4.78 is 0. The number of anilines is 2. The molecule has 0 atom stereocenters. The summed E-state index contributed by atoms with van der Waals surface area (Å²) in [5, 5.41) is 0. The van der Waals surface area contributed by atoms with Crippen LogP contribution in [0.4, 0.5) is 11.4 Å². The number of benzene rings is 4. The Morgan fingerprint density at radius 1 is 0.545 bits per heavy atom. The fourth-order valence-corrected chi connectivity index (χ4v) is 4.98. The summed E-state index contributed by atoms with van der Waals surface area (Å²) in [5.41, 5.74) is 21.4. The molecule has 0 amide bonds. The molecule has 4 aromatic carbocycles. The smallest absolute Gasteiger partial charge is 0.0314 e. The maximum Gasteiger partial charge on any atom is 0.0314 e. The van der Waals surface area contributed by atoms with E-state index >= 15 is 0 Å². The maximum absolute atomic E-state index is 5.83. The topological polar surface area (TPSA) is 52.0 Å². The van der Waals surface area contributed by atoms with E-state index in [4.69, 9.17) is 11.5 Å². The molecular formula is C31H32N2. The molecule has 1 aliphatic rings. The zero-order valence-corrected chi connectivity index (χ0v) is 19.3. The summed E-state index contributed by atoms with van der Waals surface area (Å²) in [6.45, 7) is 2.43. The summed E-state index contributed by atoms with van der Waals surface area (Å²) in [6, 6.07) is 34.9. The first-order valence-corrected chi connectivity index (χ1v) is 11.9. The minimum atomic E-state index is 0.0550. The van der Waals surface area contributed by atoms with Gasteiger partial charge in [-0.15, -0.1) is 0 Å². The summed E-state index contributed by atoms with van der Waals surface area (Å²) in [5.74, 6) is 0.711. The Hall–Kier alpha value is -3.52. The van der Waals surface area contributed by atoms with Crippen LogP contribution in [0.1, 0.15) is 53.1 Å². The molecule has 0 bridgehead atoms. The van der Waals surface area contributed by atoms with Gasteiger partial charge in [-0.1, -0.05) is 79.7 Å². The van der Waals surface area contributed by atoms with E-state index in [1.165, 1.54) is 46.2 Å². The van der Waals surface area contributed by atoms with Crippen LogP contribution in [0.25, 0.3) is 0 Å². The maximum atomic E-state index is 5.83. The van der Waals surface area contributed by atoms with E-state index in [-0.39, 0.29) is 5.41 Å². The molecule has 1 fully saturated rings. The van der Waals surface area contributed by atoms with Gasteiger partial charge in [0.25, 0.3) is 0 Å². The van der Waals surface area contributed by atoms with Crippen LogP contribution in [0.3, 0.4) is 0 Å². The number of nitrogens with two attached hydrogens (primary N) is 2. The Morgan fingerprint density at radius 2 is 0.848 bits per heavy atom. The van der Waals surface area contributed by atoms with E-state index in [9.17, 15) is 0 Å². The van der Waals surface area contributed by atoms with Gasteiger partial charge in [-0.3, -0.25) is 0 Å². The van der Waals surface area contributed by atoms with Gasteiger partial charge in [-0.05, 0) is 89.2 Å². The van der Waals surface area contributed by atoms with Gasteiger partial charge in [-0.25, -0.2) is 0 Å². The SMILES string of the molecule is CC(c1ccc(Cc2ccc(N)cc2)cc1)(c1ccc(Cc2ccc(N)cc2)cc1)C1CC1. The third kappa shape index (κ3) is 4.66. The molecule has 2 heteroatoms. The fraction of sp³-hybridized carbons (Fsp3) is 0.226. The van der Waals surface area contributed by atoms with Crippen molar-refractivity contribution >= 4 is 11.4 Å². The van der Waals surface area contributed by atoms with Gasteiger partial charge in [0.15, 0.2) is 0 Å². The molecule has 0 radical (unpaired) electrons. The predicted octanol–water partition coefficient (Wildman–Crippen LogP) is 6.75. The zero-order chi connectivity index (χ0) is 22.8. The van der Waals surface area contributed by atoms with E-state index in [0.717, 1.165) is 24.2 Å². The molecule has 1 aliphatic carbocycles. The molecule has 0 aromatic heterocycles. The summed E-state index contributed by atoms with van der Waals surface area (Å²) in [4.78, 5) is 0. The van der Waals surface area contributed by atoms with Crippen LogP contribution in [0, 0.1) is 5.92 Å². The highest BCUT2D eigenvalue weighted by Crippen LogP contribution is 2.51. The lowest BCUT2D eigenvalue weighted by Crippen LogP contribution is -2.26. The molecule has 0 unspecified atom stereocenters. The van der Waals surface area contributed by atoms with Crippen molar-refractivity contribution in [3.05, 3.63) is 130 Å². The molecule has 0 saturated heterocycles. The third-order valence-electron chi connectivity index (χ3n) is 7.28. The van der Waals surface area contributed by atoms with Gasteiger partial charge in [-0.2, -0.15) is 0 Å². The molecule has 1 saturated carbocycles. The van der Waals surface area contributed by atoms with Crippen LogP contribution in [0.2, 0.25) is 0 Å². The normalized spacial score (nSPS) is 13.7. The molecule has 4 aromatic rings. The van der Waals surface area contributed by atoms with Gasteiger partial charge in [0.1, 0.15) is 0 Å². The van der Waals surface area contributed by atoms with Crippen molar-refractivity contribution in [1.29, 1.82) is 0 Å². The number of hydrogen-bond acceptors (Lipinski definition) is 2. The molecular weight excluding hydrogens is 400 g/mol. The first kappa shape index (κ1) is 21.3. The van der Waals surface area contributed by atoms with Crippen LogP contribution in [0.15, 0.2) is 97.1 Å². The minimum Gasteiger partial charge on any atom is -0.399 e. The average Bonchev–Trinajstić information content (AvgIpc) is 3.69. The highest BCUT2D eigenvalue weighted by atomic mass is 14.5. The summed E-state index contributed by atoms with van der Waals surface area (Å²) >= 11 is 0. The monoisotopic (exact) mass is 432 g/mol. The van der Waals surface area contributed by atoms with Crippen molar-refractivity contribution in [3.63, 3.8) is 0 Å². The van der Waals surface area contributed by atoms with Crippen molar-refractivity contribution in [2.24, 2.45) is 5.92 Å². The highest BCUT2D eigenvalue weighted by molar-refractivity contribution is 5.45. The Morgan fingerprint density at radius 3 is 1.15 bits per heavy atom. The quantitative estimate of drug-likeness (QED) is 0.317. The van der Waals surface area contributed by atoms with E-state index in [1.54, 1.807) is 0 Å². The molecule has 5 rings (SSSR count). The lowest BCUT2D eigenvalue weighted by Gasteiger charge is -2.32. The third-order valence-corrected chi connectivity index (χ3v) is 7.28.